The molecule has 0 radical (unpaired) electrons. The highest BCUT2D eigenvalue weighted by atomic mass is 16.5. The third-order valence-electron chi connectivity index (χ3n) is 5.11. The van der Waals surface area contributed by atoms with Gasteiger partial charge in [0.05, 0.1) is 0 Å². The monoisotopic (exact) mass is 319 g/mol. The van der Waals surface area contributed by atoms with Crippen LogP contribution in [0.4, 0.5) is 0 Å². The van der Waals surface area contributed by atoms with Crippen LogP contribution in [0.15, 0.2) is 11.0 Å². The highest BCUT2D eigenvalue weighted by Crippen LogP contribution is 2.42. The van der Waals surface area contributed by atoms with Gasteiger partial charge in [0.2, 0.25) is 0 Å². The van der Waals surface area contributed by atoms with Crippen molar-refractivity contribution in [2.45, 2.75) is 45.4 Å². The molecule has 6 nitrogen and oxygen atoms in total. The topological polar surface area (TPSA) is 84.1 Å². The number of fused-ring (bicyclic) bond motifs is 2. The van der Waals surface area contributed by atoms with E-state index in [9.17, 15) is 9.59 Å². The highest BCUT2D eigenvalue weighted by molar-refractivity contribution is 5.77. The molecule has 1 amide bonds. The Hall–Kier alpha value is -1.85. The largest absolute Gasteiger partial charge is 0.469 e. The fourth-order valence-electron chi connectivity index (χ4n) is 4.08. The van der Waals surface area contributed by atoms with E-state index in [0.717, 1.165) is 18.4 Å². The van der Waals surface area contributed by atoms with Crippen molar-refractivity contribution in [3.63, 3.8) is 0 Å². The Morgan fingerprint density at radius 1 is 1.35 bits per heavy atom. The van der Waals surface area contributed by atoms with Gasteiger partial charge in [0.25, 0.3) is 5.91 Å². The van der Waals surface area contributed by atoms with E-state index in [2.05, 4.69) is 15.3 Å². The number of rotatable bonds is 5. The van der Waals surface area contributed by atoms with E-state index in [4.69, 9.17) is 4.74 Å². The Bertz CT molecular complexity index is 601. The molecule has 2 unspecified atom stereocenters. The van der Waals surface area contributed by atoms with Gasteiger partial charge in [0, 0.05) is 18.3 Å². The van der Waals surface area contributed by atoms with Crippen molar-refractivity contribution in [2.24, 2.45) is 17.8 Å². The summed E-state index contributed by atoms with van der Waals surface area (Å²) in [6.07, 6.45) is 9.42. The molecule has 2 aliphatic carbocycles. The van der Waals surface area contributed by atoms with Crippen LogP contribution in [-0.4, -0.2) is 29.0 Å². The molecule has 0 spiro atoms. The number of carbonyl (C=O) groups is 1. The fourth-order valence-corrected chi connectivity index (χ4v) is 4.08. The minimum absolute atomic E-state index is 0.0830. The van der Waals surface area contributed by atoms with Gasteiger partial charge in [-0.05, 0) is 43.9 Å². The zero-order chi connectivity index (χ0) is 16.2. The van der Waals surface area contributed by atoms with Crippen LogP contribution in [-0.2, 0) is 4.79 Å². The van der Waals surface area contributed by atoms with Crippen molar-refractivity contribution in [3.05, 3.63) is 22.2 Å². The van der Waals surface area contributed by atoms with E-state index < -0.39 is 5.69 Å². The number of ether oxygens (including phenoxy) is 1. The second-order valence-corrected chi connectivity index (χ2v) is 7.03. The van der Waals surface area contributed by atoms with Gasteiger partial charge in [-0.25, -0.2) is 9.78 Å². The van der Waals surface area contributed by atoms with Gasteiger partial charge >= 0.3 is 5.69 Å². The van der Waals surface area contributed by atoms with E-state index in [0.29, 0.717) is 17.4 Å². The fraction of sp³-hybridized carbons (Fsp3) is 0.706. The van der Waals surface area contributed by atoms with Crippen LogP contribution in [0.3, 0.4) is 0 Å². The highest BCUT2D eigenvalue weighted by Gasteiger charge is 2.31. The van der Waals surface area contributed by atoms with Crippen molar-refractivity contribution in [1.29, 1.82) is 0 Å². The molecule has 0 saturated heterocycles. The van der Waals surface area contributed by atoms with E-state index in [1.54, 1.807) is 6.92 Å². The van der Waals surface area contributed by atoms with Gasteiger partial charge in [0.1, 0.15) is 0 Å². The summed E-state index contributed by atoms with van der Waals surface area (Å²) < 4.78 is 5.39. The molecule has 23 heavy (non-hydrogen) atoms. The Morgan fingerprint density at radius 2 is 2.09 bits per heavy atom. The maximum atomic E-state index is 12.0. The molecule has 2 fully saturated rings. The third kappa shape index (κ3) is 4.33. The first-order valence-corrected chi connectivity index (χ1v) is 8.55. The average molecular weight is 319 g/mol. The first-order valence-electron chi connectivity index (χ1n) is 8.55. The van der Waals surface area contributed by atoms with E-state index in [-0.39, 0.29) is 12.5 Å². The molecule has 2 atom stereocenters. The van der Waals surface area contributed by atoms with E-state index in [1.165, 1.54) is 44.7 Å². The van der Waals surface area contributed by atoms with Crippen LogP contribution in [0.2, 0.25) is 0 Å². The zero-order valence-electron chi connectivity index (χ0n) is 13.6. The third-order valence-corrected chi connectivity index (χ3v) is 5.11. The number of amides is 1. The Labute approximate surface area is 136 Å². The zero-order valence-corrected chi connectivity index (χ0v) is 13.6. The molecule has 0 aromatic carbocycles. The first-order chi connectivity index (χ1) is 11.1. The molecule has 2 N–H and O–H groups in total. The summed E-state index contributed by atoms with van der Waals surface area (Å²) in [6, 6.07) is 0. The SMILES string of the molecule is Cc1cnc(=O)[nH]c1OCC(=O)NCC1CC2CCCC(C2)C1. The molecule has 6 heteroatoms. The molecule has 2 aliphatic rings. The summed E-state index contributed by atoms with van der Waals surface area (Å²) in [7, 11) is 0. The van der Waals surface area contributed by atoms with Crippen molar-refractivity contribution in [1.82, 2.24) is 15.3 Å². The lowest BCUT2D eigenvalue weighted by Crippen LogP contribution is -2.37. The predicted octanol–water partition coefficient (Wildman–Crippen LogP) is 1.79. The van der Waals surface area contributed by atoms with Crippen LogP contribution in [0.5, 0.6) is 5.88 Å². The minimum Gasteiger partial charge on any atom is -0.469 e. The van der Waals surface area contributed by atoms with Gasteiger partial charge in [0.15, 0.2) is 12.5 Å². The summed E-state index contributed by atoms with van der Waals surface area (Å²) in [5.74, 6) is 2.51. The van der Waals surface area contributed by atoms with Gasteiger partial charge in [-0.15, -0.1) is 0 Å². The van der Waals surface area contributed by atoms with Crippen LogP contribution in [0.1, 0.15) is 44.1 Å². The molecule has 0 aliphatic heterocycles. The van der Waals surface area contributed by atoms with E-state index >= 15 is 0 Å². The number of hydrogen-bond donors (Lipinski definition) is 2. The molecule has 1 aromatic rings. The number of carbonyl (C=O) groups excluding carboxylic acids is 1. The lowest BCUT2D eigenvalue weighted by atomic mass is 9.68. The maximum absolute atomic E-state index is 12.0. The van der Waals surface area contributed by atoms with Crippen LogP contribution >= 0.6 is 0 Å². The first kappa shape index (κ1) is 16.0. The van der Waals surface area contributed by atoms with Crippen molar-refractivity contribution < 1.29 is 9.53 Å². The molecule has 126 valence electrons. The molecule has 2 saturated carbocycles. The Morgan fingerprint density at radius 3 is 2.83 bits per heavy atom. The number of aryl methyl sites for hydroxylation is 1. The minimum atomic E-state index is -0.472. The second kappa shape index (κ2) is 7.15. The molecule has 3 rings (SSSR count). The Balaban J connectivity index is 1.43. The molecule has 1 heterocycles. The lowest BCUT2D eigenvalue weighted by molar-refractivity contribution is -0.123. The van der Waals surface area contributed by atoms with Gasteiger partial charge in [-0.1, -0.05) is 19.3 Å². The normalized spacial score (nSPS) is 26.6. The van der Waals surface area contributed by atoms with Gasteiger partial charge in [-0.2, -0.15) is 0 Å². The van der Waals surface area contributed by atoms with Crippen molar-refractivity contribution in [2.75, 3.05) is 13.2 Å². The van der Waals surface area contributed by atoms with Crippen LogP contribution in [0, 0.1) is 24.7 Å². The number of H-pyrrole nitrogens is 1. The maximum Gasteiger partial charge on any atom is 0.347 e. The number of nitrogens with zero attached hydrogens (tertiary/aromatic N) is 1. The van der Waals surface area contributed by atoms with Crippen LogP contribution in [0.25, 0.3) is 0 Å². The quantitative estimate of drug-likeness (QED) is 0.866. The standard InChI is InChI=1S/C17H25N3O3/c1-11-8-19-17(22)20-16(11)23-10-15(21)18-9-14-6-12-3-2-4-13(5-12)7-14/h8,12-14H,2-7,9-10H2,1H3,(H,18,21)(H,19,20,22). The summed E-state index contributed by atoms with van der Waals surface area (Å²) >= 11 is 0. The molecule has 2 bridgehead atoms. The van der Waals surface area contributed by atoms with Gasteiger partial charge < -0.3 is 10.1 Å². The molecular weight excluding hydrogens is 294 g/mol. The number of aromatic amines is 1. The van der Waals surface area contributed by atoms with Crippen molar-refractivity contribution >= 4 is 5.91 Å². The van der Waals surface area contributed by atoms with E-state index in [1.807, 2.05) is 0 Å². The number of hydrogen-bond acceptors (Lipinski definition) is 4. The Kier molecular flexibility index (Phi) is 4.98. The van der Waals surface area contributed by atoms with Gasteiger partial charge in [-0.3, -0.25) is 9.78 Å². The predicted molar refractivity (Wildman–Crippen MR) is 86.3 cm³/mol. The second-order valence-electron chi connectivity index (χ2n) is 7.03. The lowest BCUT2D eigenvalue weighted by Gasteiger charge is -2.39. The average Bonchev–Trinajstić information content (AvgIpc) is 2.53. The summed E-state index contributed by atoms with van der Waals surface area (Å²) in [5, 5.41) is 2.97. The number of nitrogens with one attached hydrogen (secondary N) is 2. The molecule has 1 aromatic heterocycles. The number of aromatic nitrogens is 2. The summed E-state index contributed by atoms with van der Waals surface area (Å²) in [4.78, 5) is 29.2. The summed E-state index contributed by atoms with van der Waals surface area (Å²) in [6.45, 7) is 2.43. The summed E-state index contributed by atoms with van der Waals surface area (Å²) in [5.41, 5.74) is 0.234. The van der Waals surface area contributed by atoms with Crippen LogP contribution < -0.4 is 15.7 Å². The smallest absolute Gasteiger partial charge is 0.347 e. The molecular formula is C17H25N3O3. The van der Waals surface area contributed by atoms with Crippen molar-refractivity contribution in [3.8, 4) is 5.88 Å².